The first-order valence-electron chi connectivity index (χ1n) is 3.78. The topological polar surface area (TPSA) is 80.9 Å². The van der Waals surface area contributed by atoms with Gasteiger partial charge >= 0.3 is 0 Å². The highest BCUT2D eigenvalue weighted by Crippen LogP contribution is 2.31. The summed E-state index contributed by atoms with van der Waals surface area (Å²) in [6.07, 6.45) is -1.09. The van der Waals surface area contributed by atoms with Crippen molar-refractivity contribution in [1.82, 2.24) is 0 Å². The number of hydrogen-bond donors (Lipinski definition) is 4. The van der Waals surface area contributed by atoms with Crippen LogP contribution >= 0.6 is 0 Å². The van der Waals surface area contributed by atoms with Crippen LogP contribution in [-0.4, -0.2) is 45.8 Å². The second-order valence-electron chi connectivity index (χ2n) is 3.06. The van der Waals surface area contributed by atoms with E-state index in [0.717, 1.165) is 0 Å². The molecule has 0 saturated heterocycles. The van der Waals surface area contributed by atoms with Gasteiger partial charge in [0.15, 0.2) is 0 Å². The Morgan fingerprint density at radius 1 is 0.909 bits per heavy atom. The average molecular weight is 162 g/mol. The molecule has 0 aromatic rings. The molecule has 0 heterocycles. The van der Waals surface area contributed by atoms with E-state index in [1.165, 1.54) is 0 Å². The highest BCUT2D eigenvalue weighted by Gasteiger charge is 2.40. The summed E-state index contributed by atoms with van der Waals surface area (Å²) in [5.74, 6) is -0.731. The van der Waals surface area contributed by atoms with Crippen molar-refractivity contribution < 1.29 is 20.4 Å². The Kier molecular flexibility index (Phi) is 2.84. The molecule has 1 rings (SSSR count). The lowest BCUT2D eigenvalue weighted by molar-refractivity contribution is 0.0381. The summed E-state index contributed by atoms with van der Waals surface area (Å²) in [5, 5.41) is 36.0. The Hall–Kier alpha value is -0.160. The summed E-state index contributed by atoms with van der Waals surface area (Å²) in [6, 6.07) is 0. The fraction of sp³-hybridized carbons (Fsp3) is 1.00. The minimum Gasteiger partial charge on any atom is -0.396 e. The first kappa shape index (κ1) is 8.93. The molecule has 0 amide bonds. The van der Waals surface area contributed by atoms with Gasteiger partial charge in [-0.15, -0.1) is 0 Å². The van der Waals surface area contributed by atoms with Crippen LogP contribution in [0.4, 0.5) is 0 Å². The normalized spacial score (nSPS) is 44.7. The molecule has 1 fully saturated rings. The number of aliphatic hydroxyl groups excluding tert-OH is 4. The molecule has 4 atom stereocenters. The molecule has 0 spiro atoms. The van der Waals surface area contributed by atoms with Gasteiger partial charge in [0.2, 0.25) is 0 Å². The number of hydrogen-bond acceptors (Lipinski definition) is 4. The Labute approximate surface area is 65.1 Å². The maximum absolute atomic E-state index is 9.23. The first-order chi connectivity index (χ1) is 5.20. The molecule has 4 nitrogen and oxygen atoms in total. The van der Waals surface area contributed by atoms with Crippen molar-refractivity contribution in [3.8, 4) is 0 Å². The van der Waals surface area contributed by atoms with Crippen LogP contribution in [0.15, 0.2) is 0 Å². The number of rotatable bonds is 2. The van der Waals surface area contributed by atoms with Crippen LogP contribution < -0.4 is 0 Å². The lowest BCUT2D eigenvalue weighted by Gasteiger charge is -2.18. The standard InChI is InChI=1S/C7H14O4/c8-2-4-5(3-9)7(11)1-6(4)10/h4-11H,1-3H2/t4-,5-,6+,7+/m0/s1. The minimum atomic E-state index is -0.674. The molecular weight excluding hydrogens is 148 g/mol. The highest BCUT2D eigenvalue weighted by atomic mass is 16.3. The summed E-state index contributed by atoms with van der Waals surface area (Å²) in [5.41, 5.74) is 0. The van der Waals surface area contributed by atoms with Crippen LogP contribution in [0.2, 0.25) is 0 Å². The van der Waals surface area contributed by atoms with Gasteiger partial charge in [-0.25, -0.2) is 0 Å². The Balaban J connectivity index is 2.59. The molecule has 1 aliphatic carbocycles. The van der Waals surface area contributed by atoms with E-state index in [0.29, 0.717) is 0 Å². The van der Waals surface area contributed by atoms with Gasteiger partial charge in [0, 0.05) is 25.0 Å². The van der Waals surface area contributed by atoms with Gasteiger partial charge in [-0.05, 0) is 6.42 Å². The summed E-state index contributed by atoms with van der Waals surface area (Å²) in [4.78, 5) is 0. The molecular formula is C7H14O4. The van der Waals surface area contributed by atoms with E-state index < -0.39 is 12.2 Å². The van der Waals surface area contributed by atoms with E-state index in [1.807, 2.05) is 0 Å². The molecule has 0 unspecified atom stereocenters. The summed E-state index contributed by atoms with van der Waals surface area (Å²) >= 11 is 0. The third kappa shape index (κ3) is 1.54. The van der Waals surface area contributed by atoms with Gasteiger partial charge in [0.05, 0.1) is 12.2 Å². The van der Waals surface area contributed by atoms with Crippen molar-refractivity contribution in [2.45, 2.75) is 18.6 Å². The molecule has 11 heavy (non-hydrogen) atoms. The average Bonchev–Trinajstić information content (AvgIpc) is 2.24. The van der Waals surface area contributed by atoms with Crippen LogP contribution in [0, 0.1) is 11.8 Å². The van der Waals surface area contributed by atoms with Gasteiger partial charge in [0.1, 0.15) is 0 Å². The van der Waals surface area contributed by atoms with Crippen molar-refractivity contribution in [3.63, 3.8) is 0 Å². The SMILES string of the molecule is OC[C@H]1[C@H](CO)[C@H](O)C[C@H]1O. The second-order valence-corrected chi connectivity index (χ2v) is 3.06. The molecule has 4 N–H and O–H groups in total. The largest absolute Gasteiger partial charge is 0.396 e. The fourth-order valence-corrected chi connectivity index (χ4v) is 1.68. The zero-order valence-corrected chi connectivity index (χ0v) is 6.22. The van der Waals surface area contributed by atoms with Gasteiger partial charge < -0.3 is 20.4 Å². The summed E-state index contributed by atoms with van der Waals surface area (Å²) < 4.78 is 0. The van der Waals surface area contributed by atoms with Crippen LogP contribution in [0.1, 0.15) is 6.42 Å². The lowest BCUT2D eigenvalue weighted by Crippen LogP contribution is -2.27. The van der Waals surface area contributed by atoms with E-state index in [9.17, 15) is 10.2 Å². The predicted molar refractivity (Wildman–Crippen MR) is 37.8 cm³/mol. The van der Waals surface area contributed by atoms with Crippen molar-refractivity contribution in [2.24, 2.45) is 11.8 Å². The third-order valence-corrected chi connectivity index (χ3v) is 2.44. The van der Waals surface area contributed by atoms with Crippen molar-refractivity contribution in [2.75, 3.05) is 13.2 Å². The van der Waals surface area contributed by atoms with Crippen LogP contribution in [0.25, 0.3) is 0 Å². The van der Waals surface area contributed by atoms with E-state index >= 15 is 0 Å². The quantitative estimate of drug-likeness (QED) is 0.391. The van der Waals surface area contributed by atoms with E-state index in [1.54, 1.807) is 0 Å². The maximum Gasteiger partial charge on any atom is 0.0619 e. The molecule has 66 valence electrons. The van der Waals surface area contributed by atoms with E-state index in [2.05, 4.69) is 0 Å². The monoisotopic (exact) mass is 162 g/mol. The van der Waals surface area contributed by atoms with Gasteiger partial charge in [-0.3, -0.25) is 0 Å². The maximum atomic E-state index is 9.23. The van der Waals surface area contributed by atoms with Crippen LogP contribution in [0.5, 0.6) is 0 Å². The van der Waals surface area contributed by atoms with Crippen LogP contribution in [-0.2, 0) is 0 Å². The number of aliphatic hydroxyl groups is 4. The second kappa shape index (κ2) is 3.49. The molecule has 0 aromatic carbocycles. The van der Waals surface area contributed by atoms with Gasteiger partial charge in [-0.1, -0.05) is 0 Å². The Morgan fingerprint density at radius 3 is 1.55 bits per heavy atom. The molecule has 1 aliphatic rings. The zero-order valence-electron chi connectivity index (χ0n) is 6.22. The zero-order chi connectivity index (χ0) is 8.43. The van der Waals surface area contributed by atoms with Gasteiger partial charge in [0.25, 0.3) is 0 Å². The molecule has 0 aliphatic heterocycles. The van der Waals surface area contributed by atoms with Crippen molar-refractivity contribution in [3.05, 3.63) is 0 Å². The molecule has 0 aromatic heterocycles. The van der Waals surface area contributed by atoms with Gasteiger partial charge in [-0.2, -0.15) is 0 Å². The molecule has 4 heteroatoms. The van der Waals surface area contributed by atoms with Crippen LogP contribution in [0.3, 0.4) is 0 Å². The fourth-order valence-electron chi connectivity index (χ4n) is 1.68. The molecule has 0 bridgehead atoms. The third-order valence-electron chi connectivity index (χ3n) is 2.44. The minimum absolute atomic E-state index is 0.177. The summed E-state index contributed by atoms with van der Waals surface area (Å²) in [6.45, 7) is -0.354. The first-order valence-corrected chi connectivity index (χ1v) is 3.78. The van der Waals surface area contributed by atoms with E-state index in [-0.39, 0.29) is 31.5 Å². The van der Waals surface area contributed by atoms with E-state index in [4.69, 9.17) is 10.2 Å². The molecule has 0 radical (unpaired) electrons. The highest BCUT2D eigenvalue weighted by molar-refractivity contribution is 4.90. The van der Waals surface area contributed by atoms with Crippen molar-refractivity contribution in [1.29, 1.82) is 0 Å². The predicted octanol–water partition coefficient (Wildman–Crippen LogP) is -1.67. The summed E-state index contributed by atoms with van der Waals surface area (Å²) in [7, 11) is 0. The lowest BCUT2D eigenvalue weighted by atomic mass is 9.95. The Bertz CT molecular complexity index is 114. The van der Waals surface area contributed by atoms with Crippen molar-refractivity contribution >= 4 is 0 Å². The Morgan fingerprint density at radius 2 is 1.27 bits per heavy atom. The smallest absolute Gasteiger partial charge is 0.0619 e. The molecule has 1 saturated carbocycles.